The van der Waals surface area contributed by atoms with Crippen molar-refractivity contribution in [2.45, 2.75) is 189 Å². The van der Waals surface area contributed by atoms with Crippen molar-refractivity contribution in [3.63, 3.8) is 0 Å². The number of aliphatic hydroxyl groups is 5. The zero-order chi connectivity index (χ0) is 42.8. The van der Waals surface area contributed by atoms with Crippen LogP contribution < -0.4 is 0 Å². The Kier molecular flexibility index (Phi) is 18.3. The van der Waals surface area contributed by atoms with E-state index in [2.05, 4.69) is 0 Å². The average molecular weight is 895 g/mol. The van der Waals surface area contributed by atoms with Gasteiger partial charge in [0.15, 0.2) is 50.3 Å². The van der Waals surface area contributed by atoms with E-state index in [0.29, 0.717) is 83.8 Å². The molecule has 8 saturated heterocycles. The Morgan fingerprint density at radius 1 is 0.387 bits per heavy atom. The van der Waals surface area contributed by atoms with Crippen LogP contribution in [-0.4, -0.2) is 197 Å². The Balaban J connectivity index is 0.885. The van der Waals surface area contributed by atoms with E-state index in [1.54, 1.807) is 0 Å². The zero-order valence-electron chi connectivity index (χ0n) is 35.6. The lowest BCUT2D eigenvalue weighted by atomic mass is 10.0. The van der Waals surface area contributed by atoms with Crippen molar-refractivity contribution in [3.05, 3.63) is 0 Å². The standard InChI is InChI=1S/C42H70O20/c43-14-24-1-8-36(49-17-24)61-40-32(23-54-42(57-29-4-7-33(47)48-20-29)41(40)62-37-9-2-25(15-44)18-50-37)60-35-11-6-28(21-52-35)56-39-13-30(58-38-12-5-27(16-45)55-38)31(22-53-39)59-34-10-3-26(46)19-51-34/h24-47H,1-23H2. The van der Waals surface area contributed by atoms with Crippen molar-refractivity contribution in [1.29, 1.82) is 0 Å². The first-order valence-electron chi connectivity index (χ1n) is 23.0. The Morgan fingerprint density at radius 3 is 1.56 bits per heavy atom. The van der Waals surface area contributed by atoms with E-state index in [-0.39, 0.29) is 83.0 Å². The van der Waals surface area contributed by atoms with Crippen LogP contribution in [0.3, 0.4) is 0 Å². The third-order valence-corrected chi connectivity index (χ3v) is 13.0. The summed E-state index contributed by atoms with van der Waals surface area (Å²) < 4.78 is 93.7. The summed E-state index contributed by atoms with van der Waals surface area (Å²) in [5.41, 5.74) is 0. The number of ether oxygens (including phenoxy) is 15. The van der Waals surface area contributed by atoms with Gasteiger partial charge < -0.3 is 96.6 Å². The third kappa shape index (κ3) is 13.4. The smallest absolute Gasteiger partial charge is 0.187 e. The van der Waals surface area contributed by atoms with Gasteiger partial charge in [-0.05, 0) is 51.4 Å². The second-order valence-corrected chi connectivity index (χ2v) is 17.9. The molecule has 0 radical (unpaired) electrons. The maximum Gasteiger partial charge on any atom is 0.187 e. The minimum atomic E-state index is -0.880. The molecule has 0 aliphatic carbocycles. The quantitative estimate of drug-likeness (QED) is 0.134. The molecule has 0 bridgehead atoms. The Morgan fingerprint density at radius 2 is 0.952 bits per heavy atom. The highest BCUT2D eigenvalue weighted by atomic mass is 16.8. The molecule has 8 fully saturated rings. The summed E-state index contributed by atoms with van der Waals surface area (Å²) in [5, 5.41) is 48.9. The van der Waals surface area contributed by atoms with E-state index in [4.69, 9.17) is 71.1 Å². The predicted molar refractivity (Wildman–Crippen MR) is 207 cm³/mol. The van der Waals surface area contributed by atoms with Gasteiger partial charge in [-0.2, -0.15) is 0 Å². The molecule has 19 atom stereocenters. The molecule has 0 saturated carbocycles. The van der Waals surface area contributed by atoms with Crippen LogP contribution in [0.25, 0.3) is 0 Å². The molecule has 20 heteroatoms. The topological polar surface area (TPSA) is 240 Å². The van der Waals surface area contributed by atoms with E-state index in [1.807, 2.05) is 0 Å². The highest BCUT2D eigenvalue weighted by Gasteiger charge is 2.49. The molecular weight excluding hydrogens is 824 g/mol. The fourth-order valence-electron chi connectivity index (χ4n) is 9.24. The van der Waals surface area contributed by atoms with E-state index in [0.717, 1.165) is 12.8 Å². The van der Waals surface area contributed by atoms with Gasteiger partial charge >= 0.3 is 0 Å². The summed E-state index contributed by atoms with van der Waals surface area (Å²) in [6.07, 6.45) is -1.99. The molecule has 0 amide bonds. The van der Waals surface area contributed by atoms with Gasteiger partial charge in [-0.3, -0.25) is 0 Å². The minimum absolute atomic E-state index is 0.0279. The molecule has 5 N–H and O–H groups in total. The van der Waals surface area contributed by atoms with Crippen LogP contribution in [0.4, 0.5) is 0 Å². The molecule has 19 unspecified atom stereocenters. The van der Waals surface area contributed by atoms with Gasteiger partial charge in [0.25, 0.3) is 0 Å². The van der Waals surface area contributed by atoms with Crippen molar-refractivity contribution in [1.82, 2.24) is 0 Å². The van der Waals surface area contributed by atoms with Crippen LogP contribution in [0, 0.1) is 11.8 Å². The maximum atomic E-state index is 9.94. The van der Waals surface area contributed by atoms with Gasteiger partial charge in [0.05, 0.1) is 83.4 Å². The molecule has 8 heterocycles. The lowest BCUT2D eigenvalue weighted by molar-refractivity contribution is -0.368. The van der Waals surface area contributed by atoms with Gasteiger partial charge in [0.1, 0.15) is 24.4 Å². The van der Waals surface area contributed by atoms with E-state index in [1.165, 1.54) is 0 Å². The molecule has 358 valence electrons. The van der Waals surface area contributed by atoms with Gasteiger partial charge in [0, 0.05) is 57.2 Å². The highest BCUT2D eigenvalue weighted by molar-refractivity contribution is 4.90. The summed E-state index contributed by atoms with van der Waals surface area (Å²) in [4.78, 5) is 0. The third-order valence-electron chi connectivity index (χ3n) is 13.0. The van der Waals surface area contributed by atoms with Crippen LogP contribution in [0.5, 0.6) is 0 Å². The molecule has 0 aromatic rings. The normalized spacial score (nSPS) is 46.1. The number of rotatable bonds is 17. The van der Waals surface area contributed by atoms with E-state index in [9.17, 15) is 25.5 Å². The first-order valence-corrected chi connectivity index (χ1v) is 23.0. The molecule has 62 heavy (non-hydrogen) atoms. The van der Waals surface area contributed by atoms with Crippen molar-refractivity contribution in [2.75, 3.05) is 66.1 Å². The van der Waals surface area contributed by atoms with Crippen LogP contribution in [0.2, 0.25) is 0 Å². The van der Waals surface area contributed by atoms with Gasteiger partial charge in [0.2, 0.25) is 0 Å². The summed E-state index contributed by atoms with van der Waals surface area (Å²) >= 11 is 0. The first kappa shape index (κ1) is 47.7. The first-order chi connectivity index (χ1) is 30.3. The molecule has 0 aromatic carbocycles. The van der Waals surface area contributed by atoms with Crippen LogP contribution >= 0.6 is 0 Å². The fraction of sp³-hybridized carbons (Fsp3) is 1.00. The lowest BCUT2D eigenvalue weighted by Crippen LogP contribution is -2.61. The number of hydrogen-bond acceptors (Lipinski definition) is 20. The second kappa shape index (κ2) is 23.8. The predicted octanol–water partition coefficient (Wildman–Crippen LogP) is 0.536. The van der Waals surface area contributed by atoms with E-state index >= 15 is 0 Å². The SMILES string of the molecule is OCC1CCC(OC2C(OC3CCC(OC4CC(OC5CCC(CO)O5)C(OC5CCC(O)CO5)CO4)CO3)COC(OC3CCC(O)OC3)C2OC2CCC(CO)CO2)OC1. The Bertz CT molecular complexity index is 1260. The summed E-state index contributed by atoms with van der Waals surface area (Å²) in [5.74, 6) is 0.0579. The Labute approximate surface area is 362 Å². The summed E-state index contributed by atoms with van der Waals surface area (Å²) in [6.45, 7) is 1.66. The molecule has 8 aliphatic rings. The summed E-state index contributed by atoms with van der Waals surface area (Å²) in [6, 6.07) is 0. The van der Waals surface area contributed by atoms with Crippen molar-refractivity contribution < 1.29 is 96.6 Å². The second-order valence-electron chi connectivity index (χ2n) is 17.9. The van der Waals surface area contributed by atoms with Gasteiger partial charge in [-0.25, -0.2) is 0 Å². The van der Waals surface area contributed by atoms with Crippen LogP contribution in [0.1, 0.15) is 83.5 Å². The maximum absolute atomic E-state index is 9.94. The molecule has 20 nitrogen and oxygen atoms in total. The minimum Gasteiger partial charge on any atom is -0.396 e. The van der Waals surface area contributed by atoms with Crippen LogP contribution in [0.15, 0.2) is 0 Å². The fourth-order valence-corrected chi connectivity index (χ4v) is 9.24. The van der Waals surface area contributed by atoms with Gasteiger partial charge in [-0.15, -0.1) is 0 Å². The number of aliphatic hydroxyl groups excluding tert-OH is 5. The van der Waals surface area contributed by atoms with Crippen LogP contribution in [-0.2, 0) is 71.1 Å². The molecule has 0 spiro atoms. The monoisotopic (exact) mass is 894 g/mol. The van der Waals surface area contributed by atoms with Crippen molar-refractivity contribution in [3.8, 4) is 0 Å². The highest BCUT2D eigenvalue weighted by Crippen LogP contribution is 2.36. The molecule has 8 aliphatic heterocycles. The number of hydrogen-bond donors (Lipinski definition) is 5. The lowest BCUT2D eigenvalue weighted by Gasteiger charge is -2.46. The molecule has 8 rings (SSSR count). The molecule has 0 aromatic heterocycles. The van der Waals surface area contributed by atoms with Crippen molar-refractivity contribution in [2.24, 2.45) is 11.8 Å². The molecular formula is C42H70O20. The Hall–Kier alpha value is -0.800. The van der Waals surface area contributed by atoms with E-state index < -0.39 is 86.9 Å². The largest absolute Gasteiger partial charge is 0.396 e. The summed E-state index contributed by atoms with van der Waals surface area (Å²) in [7, 11) is 0. The average Bonchev–Trinajstić information content (AvgIpc) is 3.76. The van der Waals surface area contributed by atoms with Crippen molar-refractivity contribution >= 4 is 0 Å². The zero-order valence-corrected chi connectivity index (χ0v) is 35.6. The van der Waals surface area contributed by atoms with Gasteiger partial charge in [-0.1, -0.05) is 0 Å².